The largest absolute Gasteiger partial charge is 0.456 e. The van der Waals surface area contributed by atoms with E-state index in [9.17, 15) is 0 Å². The maximum atomic E-state index is 6.70. The lowest BCUT2D eigenvalue weighted by Crippen LogP contribution is -2.01. The molecule has 1 atom stereocenters. The lowest BCUT2D eigenvalue weighted by Gasteiger charge is -2.14. The summed E-state index contributed by atoms with van der Waals surface area (Å²) in [6.45, 7) is 2.29. The number of thiophene rings is 1. The Morgan fingerprint density at radius 1 is 0.483 bits per heavy atom. The van der Waals surface area contributed by atoms with Gasteiger partial charge in [0.2, 0.25) is 0 Å². The van der Waals surface area contributed by atoms with Crippen molar-refractivity contribution in [3.8, 4) is 45.3 Å². The minimum Gasteiger partial charge on any atom is -0.456 e. The summed E-state index contributed by atoms with van der Waals surface area (Å²) in [4.78, 5) is 17.5. The molecule has 1 unspecified atom stereocenters. The van der Waals surface area contributed by atoms with Crippen molar-refractivity contribution in [2.75, 3.05) is 0 Å². The summed E-state index contributed by atoms with van der Waals surface area (Å²) in [6.07, 6.45) is 5.72. The van der Waals surface area contributed by atoms with Gasteiger partial charge in [-0.05, 0) is 105 Å². The molecule has 282 valence electrons. The highest BCUT2D eigenvalue weighted by Gasteiger charge is 2.23. The summed E-state index contributed by atoms with van der Waals surface area (Å²) in [5.41, 5.74) is 9.52. The Bertz CT molecular complexity index is 3790. The predicted octanol–water partition coefficient (Wildman–Crippen LogP) is 15.1. The van der Waals surface area contributed by atoms with Crippen molar-refractivity contribution in [3.05, 3.63) is 168 Å². The summed E-state index contributed by atoms with van der Waals surface area (Å²) in [5.74, 6) is 2.28. The van der Waals surface area contributed by atoms with E-state index in [0.717, 1.165) is 83.3 Å². The number of benzene rings is 8. The third-order valence-corrected chi connectivity index (χ3v) is 13.4. The lowest BCUT2D eigenvalue weighted by molar-refractivity contribution is 0.668. The Kier molecular flexibility index (Phi) is 7.15. The van der Waals surface area contributed by atoms with Crippen molar-refractivity contribution in [1.29, 1.82) is 0 Å². The Morgan fingerprint density at radius 3 is 1.98 bits per heavy atom. The molecule has 0 spiro atoms. The van der Waals surface area contributed by atoms with Crippen LogP contribution in [0.15, 0.2) is 167 Å². The quantitative estimate of drug-likeness (QED) is 0.166. The Hall–Kier alpha value is -7.41. The van der Waals surface area contributed by atoms with Crippen molar-refractivity contribution in [3.63, 3.8) is 0 Å². The van der Waals surface area contributed by atoms with Crippen LogP contribution in [0, 0.1) is 5.92 Å². The average Bonchev–Trinajstić information content (AvgIpc) is 3.99. The van der Waals surface area contributed by atoms with Gasteiger partial charge in [0.15, 0.2) is 17.5 Å². The molecule has 0 saturated heterocycles. The highest BCUT2D eigenvalue weighted by molar-refractivity contribution is 7.19. The molecule has 1 aliphatic carbocycles. The van der Waals surface area contributed by atoms with E-state index in [0.29, 0.717) is 23.4 Å². The van der Waals surface area contributed by atoms with Gasteiger partial charge in [-0.15, -0.1) is 11.3 Å². The first-order valence-corrected chi connectivity index (χ1v) is 21.2. The maximum absolute atomic E-state index is 6.70. The van der Waals surface area contributed by atoms with Gasteiger partial charge in [0.05, 0.1) is 0 Å². The number of hydrogen-bond donors (Lipinski definition) is 0. The highest BCUT2D eigenvalue weighted by Crippen LogP contribution is 2.45. The third kappa shape index (κ3) is 5.14. The average molecular weight is 788 g/mol. The van der Waals surface area contributed by atoms with Crippen LogP contribution in [0.5, 0.6) is 0 Å². The predicted molar refractivity (Wildman–Crippen MR) is 248 cm³/mol. The fraction of sp³-hybridized carbons (Fsp3) is 0.0556. The second-order valence-corrected chi connectivity index (χ2v) is 17.1. The summed E-state index contributed by atoms with van der Waals surface area (Å²) in [7, 11) is 0. The molecular weight excluding hydrogens is 755 g/mol. The van der Waals surface area contributed by atoms with E-state index < -0.39 is 0 Å². The molecular formula is C54H33N3O2S. The zero-order valence-electron chi connectivity index (χ0n) is 32.4. The minimum atomic E-state index is 0.522. The van der Waals surface area contributed by atoms with Crippen LogP contribution < -0.4 is 0 Å². The minimum absolute atomic E-state index is 0.522. The molecule has 0 bridgehead atoms. The Labute approximate surface area is 347 Å². The van der Waals surface area contributed by atoms with Crippen LogP contribution in [-0.2, 0) is 6.42 Å². The topological polar surface area (TPSA) is 65.0 Å². The molecule has 12 aromatic rings. The molecule has 4 heterocycles. The zero-order valence-corrected chi connectivity index (χ0v) is 33.3. The van der Waals surface area contributed by atoms with Crippen LogP contribution in [-0.4, -0.2) is 15.0 Å². The lowest BCUT2D eigenvalue weighted by atomic mass is 9.91. The van der Waals surface area contributed by atoms with Crippen LogP contribution in [0.2, 0.25) is 0 Å². The maximum Gasteiger partial charge on any atom is 0.164 e. The van der Waals surface area contributed by atoms with Crippen LogP contribution >= 0.6 is 11.3 Å². The molecule has 4 aromatic heterocycles. The summed E-state index contributed by atoms with van der Waals surface area (Å²) in [5, 5.41) is 10.1. The second-order valence-electron chi connectivity index (χ2n) is 16.0. The van der Waals surface area contributed by atoms with Gasteiger partial charge in [0, 0.05) is 53.2 Å². The molecule has 8 aromatic carbocycles. The fourth-order valence-corrected chi connectivity index (χ4v) is 10.7. The molecule has 0 amide bonds. The van der Waals surface area contributed by atoms with Crippen LogP contribution in [0.1, 0.15) is 17.4 Å². The van der Waals surface area contributed by atoms with Crippen LogP contribution in [0.3, 0.4) is 0 Å². The molecule has 0 N–H and O–H groups in total. The monoisotopic (exact) mass is 787 g/mol. The smallest absolute Gasteiger partial charge is 0.164 e. The molecule has 0 fully saturated rings. The third-order valence-electron chi connectivity index (χ3n) is 12.2. The summed E-state index contributed by atoms with van der Waals surface area (Å²) < 4.78 is 14.2. The number of fused-ring (bicyclic) bond motifs is 12. The molecule has 6 heteroatoms. The number of furan rings is 2. The molecule has 13 rings (SSSR count). The number of hydrogen-bond acceptors (Lipinski definition) is 6. The van der Waals surface area contributed by atoms with Crippen molar-refractivity contribution >= 4 is 92.9 Å². The number of aromatic nitrogens is 3. The van der Waals surface area contributed by atoms with Gasteiger partial charge in [0.25, 0.3) is 0 Å². The first-order chi connectivity index (χ1) is 29.6. The highest BCUT2D eigenvalue weighted by atomic mass is 32.1. The first-order valence-electron chi connectivity index (χ1n) is 20.4. The zero-order chi connectivity index (χ0) is 39.5. The van der Waals surface area contributed by atoms with E-state index in [1.54, 1.807) is 0 Å². The van der Waals surface area contributed by atoms with E-state index in [4.69, 9.17) is 23.8 Å². The van der Waals surface area contributed by atoms with E-state index in [2.05, 4.69) is 134 Å². The van der Waals surface area contributed by atoms with E-state index in [1.807, 2.05) is 47.7 Å². The van der Waals surface area contributed by atoms with E-state index in [-0.39, 0.29) is 0 Å². The molecule has 60 heavy (non-hydrogen) atoms. The van der Waals surface area contributed by atoms with Gasteiger partial charge in [0.1, 0.15) is 22.3 Å². The van der Waals surface area contributed by atoms with Crippen molar-refractivity contribution in [2.45, 2.75) is 13.3 Å². The molecule has 0 saturated carbocycles. The Balaban J connectivity index is 1.10. The molecule has 0 aliphatic heterocycles. The van der Waals surface area contributed by atoms with Crippen LogP contribution in [0.25, 0.3) is 127 Å². The van der Waals surface area contributed by atoms with Gasteiger partial charge in [-0.1, -0.05) is 116 Å². The summed E-state index contributed by atoms with van der Waals surface area (Å²) >= 11 is 1.91. The Morgan fingerprint density at radius 2 is 1.13 bits per heavy atom. The van der Waals surface area contributed by atoms with Crippen molar-refractivity contribution in [1.82, 2.24) is 15.0 Å². The van der Waals surface area contributed by atoms with Crippen molar-refractivity contribution < 1.29 is 8.83 Å². The molecule has 0 radical (unpaired) electrons. The SMILES string of the molecule is CC1C=Cc2c(sc3cccc(-c4cc(-c5nc(-c6ccc7ccc8ccccc8c7c6)nc(-c6ccc7oc8ccccc8c7c6)n5)c5c(c4)oc4ccccc45)c23)C1. The van der Waals surface area contributed by atoms with Gasteiger partial charge in [-0.2, -0.15) is 0 Å². The first kappa shape index (κ1) is 33.6. The number of nitrogens with zero attached hydrogens (tertiary/aromatic N) is 3. The second kappa shape index (κ2) is 12.8. The number of rotatable bonds is 4. The number of allylic oxidation sites excluding steroid dienone is 1. The van der Waals surface area contributed by atoms with Crippen molar-refractivity contribution in [2.24, 2.45) is 5.92 Å². The number of para-hydroxylation sites is 2. The normalized spacial score (nSPS) is 14.1. The van der Waals surface area contributed by atoms with Gasteiger partial charge in [-0.25, -0.2) is 15.0 Å². The van der Waals surface area contributed by atoms with Gasteiger partial charge < -0.3 is 8.83 Å². The van der Waals surface area contributed by atoms with Gasteiger partial charge >= 0.3 is 0 Å². The van der Waals surface area contributed by atoms with Gasteiger partial charge in [-0.3, -0.25) is 0 Å². The standard InChI is InChI=1S/C54H33N3O2S/c1-30-17-23-40-49(25-30)60-48-16-8-13-37(51(40)48)35-28-43(50-39-12-5-7-15-45(39)59-47(50)29-35)54-56-52(33-21-20-32-19-18-31-9-2-3-10-36(31)41(32)26-33)55-53(57-54)34-22-24-46-42(27-34)38-11-4-6-14-44(38)58-46/h2-24,26-30H,25H2,1H3. The molecule has 1 aliphatic rings. The van der Waals surface area contributed by atoms with E-state index in [1.165, 1.54) is 36.9 Å². The fourth-order valence-electron chi connectivity index (χ4n) is 9.36. The molecule has 5 nitrogen and oxygen atoms in total. The summed E-state index contributed by atoms with van der Waals surface area (Å²) in [6, 6.07) is 53.2. The van der Waals surface area contributed by atoms with Crippen LogP contribution in [0.4, 0.5) is 0 Å². The van der Waals surface area contributed by atoms with E-state index >= 15 is 0 Å².